The monoisotopic (exact) mass is 412 g/mol. The molecular formula is C19H26F2N4O2S. The summed E-state index contributed by atoms with van der Waals surface area (Å²) >= 11 is 1.57. The van der Waals surface area contributed by atoms with Crippen LogP contribution in [0.2, 0.25) is 0 Å². The van der Waals surface area contributed by atoms with Gasteiger partial charge in [-0.2, -0.15) is 0 Å². The molecule has 0 aliphatic carbocycles. The van der Waals surface area contributed by atoms with Crippen molar-refractivity contribution in [3.8, 4) is 5.75 Å². The third-order valence-corrected chi connectivity index (χ3v) is 4.93. The smallest absolute Gasteiger partial charge is 0.194 e. The summed E-state index contributed by atoms with van der Waals surface area (Å²) in [5.41, 5.74) is 0.932. The summed E-state index contributed by atoms with van der Waals surface area (Å²) in [4.78, 5) is 11.0. The Labute approximate surface area is 168 Å². The zero-order chi connectivity index (χ0) is 20.5. The number of aliphatic imine (C=N–C) groups is 1. The summed E-state index contributed by atoms with van der Waals surface area (Å²) in [6, 6.07) is 3.22. The zero-order valence-corrected chi connectivity index (χ0v) is 17.4. The van der Waals surface area contributed by atoms with Crippen molar-refractivity contribution in [1.82, 2.24) is 15.2 Å². The Balaban J connectivity index is 1.92. The molecule has 0 fully saturated rings. The molecule has 1 aromatic heterocycles. The minimum Gasteiger partial charge on any atom is -0.489 e. The van der Waals surface area contributed by atoms with Gasteiger partial charge in [-0.1, -0.05) is 0 Å². The van der Waals surface area contributed by atoms with Crippen molar-refractivity contribution in [3.05, 3.63) is 45.9 Å². The van der Waals surface area contributed by atoms with E-state index in [1.54, 1.807) is 18.4 Å². The lowest BCUT2D eigenvalue weighted by Crippen LogP contribution is -2.38. The second-order valence-corrected chi connectivity index (χ2v) is 6.96. The quantitative estimate of drug-likeness (QED) is 0.387. The zero-order valence-electron chi connectivity index (χ0n) is 16.5. The minimum atomic E-state index is -0.724. The van der Waals surface area contributed by atoms with Gasteiger partial charge in [0.1, 0.15) is 23.5 Å². The minimum absolute atomic E-state index is 0.0113. The Hall–Kier alpha value is -2.26. The van der Waals surface area contributed by atoms with Gasteiger partial charge in [0.15, 0.2) is 17.5 Å². The summed E-state index contributed by atoms with van der Waals surface area (Å²) in [5, 5.41) is 6.15. The fraction of sp³-hybridized carbons (Fsp3) is 0.474. The molecule has 0 aliphatic rings. The average Bonchev–Trinajstić information content (AvgIpc) is 3.13. The van der Waals surface area contributed by atoms with E-state index in [9.17, 15) is 8.78 Å². The number of hydrogen-bond donors (Lipinski definition) is 1. The van der Waals surface area contributed by atoms with Gasteiger partial charge in [0.05, 0.1) is 18.8 Å². The molecule has 1 N–H and O–H groups in total. The molecule has 0 saturated carbocycles. The van der Waals surface area contributed by atoms with Crippen LogP contribution in [0.4, 0.5) is 8.78 Å². The van der Waals surface area contributed by atoms with Crippen LogP contribution in [-0.2, 0) is 11.3 Å². The van der Waals surface area contributed by atoms with E-state index in [2.05, 4.69) is 15.3 Å². The molecule has 9 heteroatoms. The van der Waals surface area contributed by atoms with Crippen LogP contribution in [0.25, 0.3) is 0 Å². The van der Waals surface area contributed by atoms with Crippen LogP contribution in [0.15, 0.2) is 28.6 Å². The highest BCUT2D eigenvalue weighted by atomic mass is 32.1. The van der Waals surface area contributed by atoms with Crippen molar-refractivity contribution in [2.75, 3.05) is 33.9 Å². The van der Waals surface area contributed by atoms with Crippen molar-refractivity contribution >= 4 is 17.3 Å². The summed E-state index contributed by atoms with van der Waals surface area (Å²) in [5.74, 6) is -0.654. The van der Waals surface area contributed by atoms with E-state index in [4.69, 9.17) is 9.47 Å². The summed E-state index contributed by atoms with van der Waals surface area (Å²) in [6.07, 6.45) is -0.0324. The van der Waals surface area contributed by atoms with E-state index in [0.717, 1.165) is 22.8 Å². The van der Waals surface area contributed by atoms with Gasteiger partial charge >= 0.3 is 0 Å². The lowest BCUT2D eigenvalue weighted by Gasteiger charge is -2.21. The predicted molar refractivity (Wildman–Crippen MR) is 107 cm³/mol. The molecule has 0 amide bonds. The molecule has 1 heterocycles. The number of nitrogens with zero attached hydrogens (tertiary/aromatic N) is 3. The number of ether oxygens (including phenoxy) is 2. The Kier molecular flexibility index (Phi) is 8.59. The topological polar surface area (TPSA) is 59.0 Å². The van der Waals surface area contributed by atoms with Crippen LogP contribution in [-0.4, -0.2) is 49.7 Å². The second-order valence-electron chi connectivity index (χ2n) is 6.07. The van der Waals surface area contributed by atoms with Crippen LogP contribution in [0.3, 0.4) is 0 Å². The molecule has 6 nitrogen and oxygen atoms in total. The van der Waals surface area contributed by atoms with Crippen molar-refractivity contribution in [1.29, 1.82) is 0 Å². The van der Waals surface area contributed by atoms with E-state index in [1.165, 1.54) is 6.07 Å². The third kappa shape index (κ3) is 6.42. The standard InChI is InChI=1S/C19H26F2N4O2S/c1-5-22-19(23-8-9-27-17-7-6-14(20)10-16(17)21)25(3)11-15-12-28-18(24-15)13(2)26-4/h6-7,10,12-13H,5,8-9,11H2,1-4H3,(H,22,23). The first kappa shape index (κ1) is 22.0. The van der Waals surface area contributed by atoms with Crippen molar-refractivity contribution in [3.63, 3.8) is 0 Å². The second kappa shape index (κ2) is 10.9. The fourth-order valence-electron chi connectivity index (χ4n) is 2.37. The highest BCUT2D eigenvalue weighted by Crippen LogP contribution is 2.21. The Morgan fingerprint density at radius 1 is 1.39 bits per heavy atom. The number of thiazole rings is 1. The fourth-order valence-corrected chi connectivity index (χ4v) is 3.21. The Morgan fingerprint density at radius 2 is 2.18 bits per heavy atom. The molecule has 1 aromatic carbocycles. The van der Waals surface area contributed by atoms with E-state index >= 15 is 0 Å². The number of guanidine groups is 1. The van der Waals surface area contributed by atoms with E-state index in [0.29, 0.717) is 25.6 Å². The number of nitrogens with one attached hydrogen (secondary N) is 1. The molecule has 154 valence electrons. The van der Waals surface area contributed by atoms with Gasteiger partial charge in [-0.05, 0) is 26.0 Å². The number of benzene rings is 1. The number of halogens is 2. The largest absolute Gasteiger partial charge is 0.489 e. The predicted octanol–water partition coefficient (Wildman–Crippen LogP) is 3.61. The molecule has 0 radical (unpaired) electrons. The van der Waals surface area contributed by atoms with Crippen molar-refractivity contribution in [2.24, 2.45) is 4.99 Å². The lowest BCUT2D eigenvalue weighted by atomic mass is 10.3. The maximum Gasteiger partial charge on any atom is 0.194 e. The van der Waals surface area contributed by atoms with Gasteiger partial charge < -0.3 is 19.7 Å². The molecule has 0 bridgehead atoms. The molecule has 2 rings (SSSR count). The van der Waals surface area contributed by atoms with E-state index < -0.39 is 11.6 Å². The first-order valence-corrected chi connectivity index (χ1v) is 9.87. The van der Waals surface area contributed by atoms with E-state index in [-0.39, 0.29) is 18.5 Å². The highest BCUT2D eigenvalue weighted by molar-refractivity contribution is 7.09. The number of methoxy groups -OCH3 is 1. The number of aromatic nitrogens is 1. The molecule has 0 spiro atoms. The maximum absolute atomic E-state index is 13.6. The summed E-state index contributed by atoms with van der Waals surface area (Å²) in [7, 11) is 3.58. The van der Waals surface area contributed by atoms with Gasteiger partial charge in [0, 0.05) is 32.1 Å². The molecular weight excluding hydrogens is 386 g/mol. The summed E-state index contributed by atoms with van der Waals surface area (Å²) < 4.78 is 37.1. The number of rotatable bonds is 9. The Bertz CT molecular complexity index is 785. The first-order chi connectivity index (χ1) is 13.4. The van der Waals surface area contributed by atoms with Crippen LogP contribution in [0.5, 0.6) is 5.75 Å². The normalized spacial score (nSPS) is 12.7. The van der Waals surface area contributed by atoms with Gasteiger partial charge in [-0.15, -0.1) is 11.3 Å². The molecule has 2 aromatic rings. The number of hydrogen-bond acceptors (Lipinski definition) is 5. The van der Waals surface area contributed by atoms with Crippen LogP contribution in [0.1, 0.15) is 30.7 Å². The third-order valence-electron chi connectivity index (χ3n) is 3.87. The SMILES string of the molecule is CCNC(=NCCOc1ccc(F)cc1F)N(C)Cc1csc(C(C)OC)n1. The molecule has 0 saturated heterocycles. The Morgan fingerprint density at radius 3 is 2.86 bits per heavy atom. The maximum atomic E-state index is 13.6. The van der Waals surface area contributed by atoms with Crippen molar-refractivity contribution in [2.45, 2.75) is 26.5 Å². The first-order valence-electron chi connectivity index (χ1n) is 8.99. The lowest BCUT2D eigenvalue weighted by molar-refractivity contribution is 0.119. The van der Waals surface area contributed by atoms with Gasteiger partial charge in [0.2, 0.25) is 0 Å². The van der Waals surface area contributed by atoms with Gasteiger partial charge in [-0.25, -0.2) is 18.8 Å². The van der Waals surface area contributed by atoms with Crippen molar-refractivity contribution < 1.29 is 18.3 Å². The average molecular weight is 413 g/mol. The van der Waals surface area contributed by atoms with Gasteiger partial charge in [0.25, 0.3) is 0 Å². The van der Waals surface area contributed by atoms with Crippen LogP contribution in [0, 0.1) is 11.6 Å². The van der Waals surface area contributed by atoms with Gasteiger partial charge in [-0.3, -0.25) is 0 Å². The molecule has 0 aliphatic heterocycles. The molecule has 1 atom stereocenters. The van der Waals surface area contributed by atoms with Crippen LogP contribution < -0.4 is 10.1 Å². The van der Waals surface area contributed by atoms with Crippen LogP contribution >= 0.6 is 11.3 Å². The molecule has 28 heavy (non-hydrogen) atoms. The molecule has 1 unspecified atom stereocenters. The highest BCUT2D eigenvalue weighted by Gasteiger charge is 2.12. The van der Waals surface area contributed by atoms with E-state index in [1.807, 2.05) is 31.2 Å². The summed E-state index contributed by atoms with van der Waals surface area (Å²) in [6.45, 7) is 5.74.